The third-order valence-corrected chi connectivity index (χ3v) is 3.60. The molecule has 0 fully saturated rings. The topological polar surface area (TPSA) is 51.0 Å². The van der Waals surface area contributed by atoms with E-state index < -0.39 is 0 Å². The minimum absolute atomic E-state index is 0.674. The Bertz CT molecular complexity index is 713. The Balaban J connectivity index is 1.99. The molecule has 3 N–H and O–H groups in total. The third-order valence-electron chi connectivity index (χ3n) is 3.60. The number of aromatic amines is 1. The molecule has 3 nitrogen and oxygen atoms in total. The van der Waals surface area contributed by atoms with E-state index in [-0.39, 0.29) is 0 Å². The molecular formula is C17H18N2O. The number of nitrogens with two attached hydrogens (primary N) is 1. The second-order valence-corrected chi connectivity index (χ2v) is 4.84. The predicted octanol–water partition coefficient (Wildman–Crippen LogP) is 3.34. The first-order chi connectivity index (χ1) is 9.81. The average molecular weight is 266 g/mol. The Labute approximate surface area is 118 Å². The maximum absolute atomic E-state index is 5.63. The number of H-pyrrole nitrogens is 1. The first kappa shape index (κ1) is 12.8. The van der Waals surface area contributed by atoms with Gasteiger partial charge in [0.15, 0.2) is 0 Å². The van der Waals surface area contributed by atoms with Gasteiger partial charge in [0.05, 0.1) is 7.11 Å². The lowest BCUT2D eigenvalue weighted by Gasteiger charge is -2.04. The molecule has 0 saturated carbocycles. The molecule has 0 unspecified atom stereocenters. The van der Waals surface area contributed by atoms with Crippen molar-refractivity contribution in [3.05, 3.63) is 54.2 Å². The third kappa shape index (κ3) is 2.28. The van der Waals surface area contributed by atoms with Crippen molar-refractivity contribution in [3.8, 4) is 16.9 Å². The highest BCUT2D eigenvalue weighted by Gasteiger charge is 2.05. The van der Waals surface area contributed by atoms with Gasteiger partial charge in [-0.2, -0.15) is 0 Å². The van der Waals surface area contributed by atoms with Crippen LogP contribution in [0.1, 0.15) is 5.56 Å². The molecule has 3 aromatic rings. The van der Waals surface area contributed by atoms with Crippen LogP contribution in [0.2, 0.25) is 0 Å². The van der Waals surface area contributed by atoms with Crippen molar-refractivity contribution in [2.75, 3.05) is 13.7 Å². The summed E-state index contributed by atoms with van der Waals surface area (Å²) >= 11 is 0. The van der Waals surface area contributed by atoms with Crippen molar-refractivity contribution in [1.82, 2.24) is 4.98 Å². The van der Waals surface area contributed by atoms with Crippen LogP contribution in [0.3, 0.4) is 0 Å². The molecule has 0 bridgehead atoms. The molecule has 2 aromatic carbocycles. The summed E-state index contributed by atoms with van der Waals surface area (Å²) in [5.74, 6) is 0.875. The average Bonchev–Trinajstić information content (AvgIpc) is 2.90. The Kier molecular flexibility index (Phi) is 3.44. The van der Waals surface area contributed by atoms with E-state index in [9.17, 15) is 0 Å². The zero-order chi connectivity index (χ0) is 13.9. The molecule has 0 aliphatic heterocycles. The molecule has 0 amide bonds. The van der Waals surface area contributed by atoms with Crippen molar-refractivity contribution < 1.29 is 4.74 Å². The molecule has 0 aliphatic rings. The van der Waals surface area contributed by atoms with Gasteiger partial charge in [-0.05, 0) is 47.9 Å². The Morgan fingerprint density at radius 1 is 1.05 bits per heavy atom. The van der Waals surface area contributed by atoms with Crippen LogP contribution in [0.15, 0.2) is 48.7 Å². The number of aromatic nitrogens is 1. The van der Waals surface area contributed by atoms with Crippen LogP contribution in [0, 0.1) is 0 Å². The molecule has 0 spiro atoms. The Hall–Kier alpha value is -2.26. The smallest absolute Gasteiger partial charge is 0.118 e. The SMILES string of the molecule is COc1ccc(-c2ccc3c(CCN)c[nH]c3c2)cc1. The molecule has 0 aliphatic carbocycles. The van der Waals surface area contributed by atoms with E-state index in [2.05, 4.69) is 41.5 Å². The van der Waals surface area contributed by atoms with Gasteiger partial charge in [0, 0.05) is 17.1 Å². The number of nitrogens with one attached hydrogen (secondary N) is 1. The molecule has 1 heterocycles. The summed E-state index contributed by atoms with van der Waals surface area (Å²) in [5, 5.41) is 1.26. The standard InChI is InChI=1S/C17H18N2O/c1-20-15-5-2-12(3-6-15)13-4-7-16-14(8-9-18)11-19-17(16)10-13/h2-7,10-11,19H,8-9,18H2,1H3. The minimum Gasteiger partial charge on any atom is -0.497 e. The van der Waals surface area contributed by atoms with Crippen LogP contribution in [0.25, 0.3) is 22.0 Å². The molecule has 20 heavy (non-hydrogen) atoms. The van der Waals surface area contributed by atoms with Crippen LogP contribution >= 0.6 is 0 Å². The first-order valence-corrected chi connectivity index (χ1v) is 6.76. The maximum atomic E-state index is 5.63. The normalized spacial score (nSPS) is 10.9. The van der Waals surface area contributed by atoms with Crippen LogP contribution in [0.4, 0.5) is 0 Å². The quantitative estimate of drug-likeness (QED) is 0.761. The zero-order valence-corrected chi connectivity index (χ0v) is 11.5. The van der Waals surface area contributed by atoms with E-state index in [1.807, 2.05) is 12.1 Å². The maximum Gasteiger partial charge on any atom is 0.118 e. The van der Waals surface area contributed by atoms with Crippen molar-refractivity contribution in [2.45, 2.75) is 6.42 Å². The molecule has 0 radical (unpaired) electrons. The molecular weight excluding hydrogens is 248 g/mol. The van der Waals surface area contributed by atoms with E-state index in [1.54, 1.807) is 7.11 Å². The lowest BCUT2D eigenvalue weighted by molar-refractivity contribution is 0.415. The summed E-state index contributed by atoms with van der Waals surface area (Å²) in [6.07, 6.45) is 2.96. The van der Waals surface area contributed by atoms with Gasteiger partial charge in [-0.3, -0.25) is 0 Å². The fourth-order valence-corrected chi connectivity index (χ4v) is 2.51. The first-order valence-electron chi connectivity index (χ1n) is 6.76. The van der Waals surface area contributed by atoms with Crippen molar-refractivity contribution in [1.29, 1.82) is 0 Å². The van der Waals surface area contributed by atoms with Gasteiger partial charge in [-0.25, -0.2) is 0 Å². The van der Waals surface area contributed by atoms with Crippen LogP contribution in [0.5, 0.6) is 5.75 Å². The Morgan fingerprint density at radius 2 is 1.80 bits per heavy atom. The summed E-state index contributed by atoms with van der Waals surface area (Å²) in [5.41, 5.74) is 10.4. The summed E-state index contributed by atoms with van der Waals surface area (Å²) < 4.78 is 5.19. The fraction of sp³-hybridized carbons (Fsp3) is 0.176. The fourth-order valence-electron chi connectivity index (χ4n) is 2.51. The Morgan fingerprint density at radius 3 is 2.50 bits per heavy atom. The lowest BCUT2D eigenvalue weighted by atomic mass is 10.0. The summed E-state index contributed by atoms with van der Waals surface area (Å²) in [6.45, 7) is 0.674. The van der Waals surface area contributed by atoms with Gasteiger partial charge in [-0.1, -0.05) is 24.3 Å². The second kappa shape index (κ2) is 5.39. The number of fused-ring (bicyclic) bond motifs is 1. The van der Waals surface area contributed by atoms with Gasteiger partial charge in [0.25, 0.3) is 0 Å². The van der Waals surface area contributed by atoms with Crippen molar-refractivity contribution >= 4 is 10.9 Å². The van der Waals surface area contributed by atoms with E-state index in [1.165, 1.54) is 22.1 Å². The molecule has 3 heteroatoms. The highest BCUT2D eigenvalue weighted by molar-refractivity contribution is 5.87. The number of methoxy groups -OCH3 is 1. The number of ether oxygens (including phenoxy) is 1. The molecule has 0 saturated heterocycles. The van der Waals surface area contributed by atoms with Gasteiger partial charge in [0.2, 0.25) is 0 Å². The van der Waals surface area contributed by atoms with Crippen LogP contribution in [-0.4, -0.2) is 18.6 Å². The van der Waals surface area contributed by atoms with E-state index >= 15 is 0 Å². The summed E-state index contributed by atoms with van der Waals surface area (Å²) in [7, 11) is 1.68. The largest absolute Gasteiger partial charge is 0.497 e. The highest BCUT2D eigenvalue weighted by atomic mass is 16.5. The summed E-state index contributed by atoms with van der Waals surface area (Å²) in [4.78, 5) is 3.33. The summed E-state index contributed by atoms with van der Waals surface area (Å²) in [6, 6.07) is 14.6. The number of benzene rings is 2. The van der Waals surface area contributed by atoms with Gasteiger partial charge < -0.3 is 15.5 Å². The molecule has 102 valence electrons. The van der Waals surface area contributed by atoms with E-state index in [0.29, 0.717) is 6.54 Å². The van der Waals surface area contributed by atoms with E-state index in [4.69, 9.17) is 10.5 Å². The second-order valence-electron chi connectivity index (χ2n) is 4.84. The molecule has 1 aromatic heterocycles. The van der Waals surface area contributed by atoms with Crippen molar-refractivity contribution in [3.63, 3.8) is 0 Å². The number of rotatable bonds is 4. The minimum atomic E-state index is 0.674. The van der Waals surface area contributed by atoms with E-state index in [0.717, 1.165) is 17.7 Å². The monoisotopic (exact) mass is 266 g/mol. The predicted molar refractivity (Wildman–Crippen MR) is 83.0 cm³/mol. The van der Waals surface area contributed by atoms with Gasteiger partial charge in [0.1, 0.15) is 5.75 Å². The van der Waals surface area contributed by atoms with Gasteiger partial charge in [-0.15, -0.1) is 0 Å². The van der Waals surface area contributed by atoms with Crippen molar-refractivity contribution in [2.24, 2.45) is 5.73 Å². The molecule has 0 atom stereocenters. The van der Waals surface area contributed by atoms with Gasteiger partial charge >= 0.3 is 0 Å². The van der Waals surface area contributed by atoms with Crippen LogP contribution in [-0.2, 0) is 6.42 Å². The zero-order valence-electron chi connectivity index (χ0n) is 11.5. The van der Waals surface area contributed by atoms with Crippen LogP contribution < -0.4 is 10.5 Å². The molecule has 3 rings (SSSR count). The number of hydrogen-bond donors (Lipinski definition) is 2. The lowest BCUT2D eigenvalue weighted by Crippen LogP contribution is -2.01. The highest BCUT2D eigenvalue weighted by Crippen LogP contribution is 2.27. The number of hydrogen-bond acceptors (Lipinski definition) is 2.